The Balaban J connectivity index is 1.22. The van der Waals surface area contributed by atoms with Crippen molar-refractivity contribution >= 4 is 29.7 Å². The smallest absolute Gasteiger partial charge is 0.255 e. The summed E-state index contributed by atoms with van der Waals surface area (Å²) in [5.74, 6) is 1.62. The van der Waals surface area contributed by atoms with Gasteiger partial charge in [0.2, 0.25) is 0 Å². The van der Waals surface area contributed by atoms with Gasteiger partial charge in [-0.05, 0) is 78.6 Å². The second kappa shape index (κ2) is 14.2. The molecule has 1 aliphatic carbocycles. The van der Waals surface area contributed by atoms with Crippen LogP contribution in [0.4, 0.5) is 5.69 Å². The van der Waals surface area contributed by atoms with Crippen molar-refractivity contribution < 1.29 is 4.79 Å². The molecule has 2 atom stereocenters. The molecule has 5 nitrogen and oxygen atoms in total. The van der Waals surface area contributed by atoms with Crippen LogP contribution in [-0.4, -0.2) is 24.5 Å². The monoisotopic (exact) mass is 520 g/mol. The molecule has 39 heavy (non-hydrogen) atoms. The molecule has 5 heteroatoms. The molecule has 2 unspecified atom stereocenters. The molecule has 1 amide bonds. The van der Waals surface area contributed by atoms with Crippen LogP contribution in [0.3, 0.4) is 0 Å². The van der Waals surface area contributed by atoms with Crippen LogP contribution in [0, 0.1) is 5.92 Å². The average molecular weight is 521 g/mol. The Bertz CT molecular complexity index is 1330. The standard InChI is InChI=1S/C34H40N4O/c1-3-26-12-10-15-30(18-17-26)38-34(39)28-14-9-13-27(21-28)11-7-5-4-6-8-16-33(35)37-31-19-20-32-25(2)23-36-24-29(32)22-31/h6-11,13-15,18-22,24-26H,3-5,12,16-17,23H2,1-2H3,(H2,35,37)(H,38,39)/b8-6-,11-7?. The van der Waals surface area contributed by atoms with Crippen molar-refractivity contribution in [1.82, 2.24) is 5.32 Å². The fraction of sp³-hybridized carbons (Fsp3) is 0.324. The molecule has 4 rings (SSSR count). The molecule has 1 aliphatic heterocycles. The second-order valence-electron chi connectivity index (χ2n) is 10.4. The van der Waals surface area contributed by atoms with E-state index in [1.807, 2.05) is 42.6 Å². The molecule has 1 heterocycles. The van der Waals surface area contributed by atoms with E-state index < -0.39 is 0 Å². The summed E-state index contributed by atoms with van der Waals surface area (Å²) in [5, 5.41) is 3.05. The topological polar surface area (TPSA) is 79.8 Å². The van der Waals surface area contributed by atoms with Gasteiger partial charge in [-0.25, -0.2) is 4.99 Å². The van der Waals surface area contributed by atoms with Crippen LogP contribution in [0.15, 0.2) is 94.6 Å². The van der Waals surface area contributed by atoms with Gasteiger partial charge in [-0.1, -0.05) is 74.9 Å². The Kier molecular flexibility index (Phi) is 10.2. The normalized spacial score (nSPS) is 19.2. The molecule has 0 bridgehead atoms. The third-order valence-electron chi connectivity index (χ3n) is 7.21. The number of nitrogens with zero attached hydrogens (tertiary/aromatic N) is 2. The van der Waals surface area contributed by atoms with Gasteiger partial charge >= 0.3 is 0 Å². The number of hydrogen-bond donors (Lipinski definition) is 2. The Labute approximate surface area is 233 Å². The molecular formula is C34H40N4O. The predicted molar refractivity (Wildman–Crippen MR) is 165 cm³/mol. The first-order valence-corrected chi connectivity index (χ1v) is 14.1. The summed E-state index contributed by atoms with van der Waals surface area (Å²) in [6.45, 7) is 5.25. The van der Waals surface area contributed by atoms with E-state index in [-0.39, 0.29) is 5.91 Å². The molecule has 0 radical (unpaired) electrons. The maximum atomic E-state index is 12.8. The van der Waals surface area contributed by atoms with E-state index in [9.17, 15) is 4.79 Å². The zero-order chi connectivity index (χ0) is 27.5. The molecule has 3 N–H and O–H groups in total. The van der Waals surface area contributed by atoms with Gasteiger partial charge in [-0.15, -0.1) is 0 Å². The molecule has 2 aromatic rings. The SMILES string of the molecule is CCC1CC=CC(NC(=O)c2cccc(C=CCC/C=C\CC(N)=Nc3ccc4c(c3)C=NCC4C)c2)=CC1. The second-order valence-corrected chi connectivity index (χ2v) is 10.4. The lowest BCUT2D eigenvalue weighted by Gasteiger charge is -2.17. The number of nitrogens with one attached hydrogen (secondary N) is 1. The Morgan fingerprint density at radius 1 is 1.13 bits per heavy atom. The first-order chi connectivity index (χ1) is 19.0. The number of nitrogens with two attached hydrogens (primary N) is 1. The summed E-state index contributed by atoms with van der Waals surface area (Å²) in [6.07, 6.45) is 22.3. The highest BCUT2D eigenvalue weighted by atomic mass is 16.1. The van der Waals surface area contributed by atoms with Gasteiger partial charge in [-0.3, -0.25) is 9.79 Å². The summed E-state index contributed by atoms with van der Waals surface area (Å²) in [5.41, 5.74) is 12.0. The molecule has 0 saturated carbocycles. The van der Waals surface area contributed by atoms with Gasteiger partial charge in [0.05, 0.1) is 5.69 Å². The lowest BCUT2D eigenvalue weighted by atomic mass is 9.94. The lowest BCUT2D eigenvalue weighted by Crippen LogP contribution is -2.21. The predicted octanol–water partition coefficient (Wildman–Crippen LogP) is 7.64. The maximum Gasteiger partial charge on any atom is 0.255 e. The van der Waals surface area contributed by atoms with Crippen LogP contribution in [0.5, 0.6) is 0 Å². The van der Waals surface area contributed by atoms with Crippen molar-refractivity contribution in [3.8, 4) is 0 Å². The van der Waals surface area contributed by atoms with Gasteiger partial charge in [0.15, 0.2) is 0 Å². The number of carbonyl (C=O) groups is 1. The minimum atomic E-state index is -0.0728. The van der Waals surface area contributed by atoms with E-state index in [1.54, 1.807) is 0 Å². The van der Waals surface area contributed by atoms with E-state index in [0.29, 0.717) is 29.7 Å². The van der Waals surface area contributed by atoms with Crippen LogP contribution < -0.4 is 11.1 Å². The van der Waals surface area contributed by atoms with Gasteiger partial charge in [0.25, 0.3) is 5.91 Å². The molecular weight excluding hydrogens is 480 g/mol. The number of aliphatic imine (C=N–C) groups is 2. The van der Waals surface area contributed by atoms with Crippen molar-refractivity contribution in [3.05, 3.63) is 107 Å². The number of amidine groups is 1. The largest absolute Gasteiger partial charge is 0.387 e. The van der Waals surface area contributed by atoms with Crippen molar-refractivity contribution in [2.24, 2.45) is 21.6 Å². The minimum absolute atomic E-state index is 0.0728. The van der Waals surface area contributed by atoms with E-state index in [0.717, 1.165) is 61.2 Å². The van der Waals surface area contributed by atoms with Crippen molar-refractivity contribution in [3.63, 3.8) is 0 Å². The van der Waals surface area contributed by atoms with Crippen LogP contribution in [-0.2, 0) is 0 Å². The maximum absolute atomic E-state index is 12.8. The van der Waals surface area contributed by atoms with Gasteiger partial charge < -0.3 is 11.1 Å². The fourth-order valence-electron chi connectivity index (χ4n) is 4.80. The molecule has 2 aliphatic rings. The zero-order valence-corrected chi connectivity index (χ0v) is 23.1. The van der Waals surface area contributed by atoms with E-state index in [2.05, 4.69) is 77.7 Å². The van der Waals surface area contributed by atoms with Gasteiger partial charge in [0, 0.05) is 36.4 Å². The van der Waals surface area contributed by atoms with Crippen LogP contribution >= 0.6 is 0 Å². The van der Waals surface area contributed by atoms with Gasteiger partial charge in [0.1, 0.15) is 5.84 Å². The summed E-state index contributed by atoms with van der Waals surface area (Å²) < 4.78 is 0. The van der Waals surface area contributed by atoms with E-state index in [1.165, 1.54) is 5.56 Å². The van der Waals surface area contributed by atoms with Crippen molar-refractivity contribution in [2.75, 3.05) is 6.54 Å². The highest BCUT2D eigenvalue weighted by molar-refractivity contribution is 5.96. The van der Waals surface area contributed by atoms with E-state index in [4.69, 9.17) is 5.73 Å². The molecule has 0 aromatic heterocycles. The Hall–Kier alpha value is -3.99. The highest BCUT2D eigenvalue weighted by Gasteiger charge is 2.13. The number of benzene rings is 2. The quantitative estimate of drug-likeness (QED) is 0.146. The van der Waals surface area contributed by atoms with Crippen LogP contribution in [0.1, 0.15) is 85.3 Å². The van der Waals surface area contributed by atoms with Crippen molar-refractivity contribution in [1.29, 1.82) is 0 Å². The van der Waals surface area contributed by atoms with Crippen molar-refractivity contribution in [2.45, 2.75) is 58.3 Å². The number of fused-ring (bicyclic) bond motifs is 1. The number of hydrogen-bond acceptors (Lipinski definition) is 3. The molecule has 0 saturated heterocycles. The van der Waals surface area contributed by atoms with Crippen LogP contribution in [0.2, 0.25) is 0 Å². The first kappa shape index (κ1) is 28.0. The Morgan fingerprint density at radius 2 is 2.00 bits per heavy atom. The number of rotatable bonds is 10. The summed E-state index contributed by atoms with van der Waals surface area (Å²) in [4.78, 5) is 21.8. The third kappa shape index (κ3) is 8.51. The summed E-state index contributed by atoms with van der Waals surface area (Å²) in [6, 6.07) is 14.0. The number of carbonyl (C=O) groups excluding carboxylic acids is 1. The number of unbranched alkanes of at least 4 members (excludes halogenated alkanes) is 1. The average Bonchev–Trinajstić information content (AvgIpc) is 3.17. The first-order valence-electron chi connectivity index (χ1n) is 14.1. The highest BCUT2D eigenvalue weighted by Crippen LogP contribution is 2.26. The fourth-order valence-corrected chi connectivity index (χ4v) is 4.80. The lowest BCUT2D eigenvalue weighted by molar-refractivity contribution is 0.0967. The third-order valence-corrected chi connectivity index (χ3v) is 7.21. The summed E-state index contributed by atoms with van der Waals surface area (Å²) in [7, 11) is 0. The molecule has 2 aromatic carbocycles. The number of allylic oxidation sites excluding steroid dienone is 5. The van der Waals surface area contributed by atoms with Gasteiger partial charge in [-0.2, -0.15) is 0 Å². The van der Waals surface area contributed by atoms with E-state index >= 15 is 0 Å². The minimum Gasteiger partial charge on any atom is -0.387 e. The zero-order valence-electron chi connectivity index (χ0n) is 23.1. The molecule has 0 fully saturated rings. The summed E-state index contributed by atoms with van der Waals surface area (Å²) >= 11 is 0. The molecule has 0 spiro atoms. The van der Waals surface area contributed by atoms with Crippen LogP contribution in [0.25, 0.3) is 6.08 Å². The number of amides is 1. The Morgan fingerprint density at radius 3 is 2.87 bits per heavy atom. The molecule has 202 valence electrons.